The van der Waals surface area contributed by atoms with Crippen molar-refractivity contribution < 1.29 is 77.5 Å². The molecule has 0 radical (unpaired) electrons. The summed E-state index contributed by atoms with van der Waals surface area (Å²) in [4.78, 5) is 0. The van der Waals surface area contributed by atoms with Crippen LogP contribution in [0.15, 0.2) is 0 Å². The zero-order valence-corrected chi connectivity index (χ0v) is 9.30. The van der Waals surface area contributed by atoms with E-state index in [2.05, 4.69) is 0 Å². The maximum atomic E-state index is 8.58. The summed E-state index contributed by atoms with van der Waals surface area (Å²) in [5.74, 6) is 0. The Morgan fingerprint density at radius 3 is 0.800 bits per heavy atom. The van der Waals surface area contributed by atoms with Crippen molar-refractivity contribution in [3.8, 4) is 0 Å². The molecule has 0 rings (SSSR count). The van der Waals surface area contributed by atoms with E-state index in [1.54, 1.807) is 0 Å². The van der Waals surface area contributed by atoms with Crippen molar-refractivity contribution >= 4 is 17.4 Å². The Kier molecular flexibility index (Phi) is 39.0. The van der Waals surface area contributed by atoms with Crippen molar-refractivity contribution in [2.24, 2.45) is 0 Å². The van der Waals surface area contributed by atoms with E-state index in [0.29, 0.717) is 0 Å². The fourth-order valence-corrected chi connectivity index (χ4v) is 0. The summed E-state index contributed by atoms with van der Waals surface area (Å²) in [7, 11) is 0. The van der Waals surface area contributed by atoms with Crippen LogP contribution in [0.5, 0.6) is 0 Å². The minimum absolute atomic E-state index is 0. The predicted octanol–water partition coefficient (Wildman–Crippen LogP) is -8.38. The van der Waals surface area contributed by atoms with Gasteiger partial charge in [-0.25, -0.2) is 0 Å². The first-order chi connectivity index (χ1) is 3.46. The molecule has 0 atom stereocenters. The Morgan fingerprint density at radius 1 is 0.800 bits per heavy atom. The molecule has 0 unspecified atom stereocenters. The molecule has 0 aromatic carbocycles. The topological polar surface area (TPSA) is 126 Å². The van der Waals surface area contributed by atoms with Crippen molar-refractivity contribution in [2.75, 3.05) is 0 Å². The second kappa shape index (κ2) is 17.2. The van der Waals surface area contributed by atoms with Crippen molar-refractivity contribution in [2.45, 2.75) is 0 Å². The molecule has 0 bridgehead atoms. The van der Waals surface area contributed by atoms with Gasteiger partial charge in [0.25, 0.3) is 0 Å². The third-order valence-electron chi connectivity index (χ3n) is 0. The molecule has 0 aliphatic carbocycles. The van der Waals surface area contributed by atoms with Gasteiger partial charge in [-0.3, -0.25) is 0 Å². The van der Waals surface area contributed by atoms with E-state index in [0.717, 1.165) is 0 Å². The van der Waals surface area contributed by atoms with Crippen LogP contribution < -0.4 is 33.6 Å². The number of rotatable bonds is 0. The van der Waals surface area contributed by atoms with Crippen LogP contribution in [0.25, 0.3) is 0 Å². The van der Waals surface area contributed by atoms with E-state index in [1.807, 2.05) is 0 Å². The molecule has 0 aliphatic rings. The van der Waals surface area contributed by atoms with E-state index in [-0.39, 0.29) is 36.2 Å². The van der Waals surface area contributed by atoms with Crippen LogP contribution in [0.4, 0.5) is 0 Å². The van der Waals surface area contributed by atoms with Crippen molar-refractivity contribution in [1.82, 2.24) is 0 Å². The number of hydrogen-bond acceptors (Lipinski definition) is 6. The molecular formula is AlLiO6Ti2. The van der Waals surface area contributed by atoms with Crippen LogP contribution in [0, 0.1) is 0 Å². The first-order valence-electron chi connectivity index (χ1n) is 1.22. The van der Waals surface area contributed by atoms with Gasteiger partial charge in [0.15, 0.2) is 0 Å². The Hall–Kier alpha value is 2.00. The molecule has 10 heteroatoms. The van der Waals surface area contributed by atoms with Crippen molar-refractivity contribution in [1.29, 1.82) is 0 Å². The molecule has 0 N–H and O–H groups in total. The molecule has 0 aromatic heterocycles. The first-order valence-corrected chi connectivity index (χ1v) is 5.05. The van der Waals surface area contributed by atoms with Crippen LogP contribution in [0.1, 0.15) is 0 Å². The molecule has 0 aromatic rings. The average molecular weight is 226 g/mol. The molecule has 6 nitrogen and oxygen atoms in total. The Balaban J connectivity index is -0.0000000300. The fourth-order valence-electron chi connectivity index (χ4n) is 0. The van der Waals surface area contributed by atoms with Gasteiger partial charge in [0.05, 0.1) is 0 Å². The van der Waals surface area contributed by atoms with E-state index in [1.165, 1.54) is 0 Å². The number of hydrogen-bond donors (Lipinski definition) is 0. The average Bonchev–Trinajstić information content (AvgIpc) is 1.25. The second-order valence-corrected chi connectivity index (χ2v) is 2.06. The van der Waals surface area contributed by atoms with Crippen LogP contribution >= 0.6 is 0 Å². The van der Waals surface area contributed by atoms with E-state index in [9.17, 15) is 0 Å². The molecular weight excluding hydrogens is 226 g/mol. The zero-order chi connectivity index (χ0) is 7.15. The Bertz CT molecular complexity index is 73.7. The summed E-state index contributed by atoms with van der Waals surface area (Å²) in [6, 6.07) is 0. The molecule has 0 amide bonds. The zero-order valence-electron chi connectivity index (χ0n) is 5.03. The molecule has 0 fully saturated rings. The van der Waals surface area contributed by atoms with Crippen LogP contribution in [0.2, 0.25) is 0 Å². The van der Waals surface area contributed by atoms with Crippen LogP contribution in [0.3, 0.4) is 0 Å². The van der Waals surface area contributed by atoms with Gasteiger partial charge < -0.3 is 0 Å². The summed E-state index contributed by atoms with van der Waals surface area (Å²) >= 11 is -8.17. The summed E-state index contributed by atoms with van der Waals surface area (Å²) in [5.41, 5.74) is 0. The molecule has 0 saturated carbocycles. The predicted molar refractivity (Wildman–Crippen MR) is 7.13 cm³/mol. The standard InChI is InChI=1S/Al.Li.6O.2Ti/q+3;+1;;;4*-1;;. The van der Waals surface area contributed by atoms with Gasteiger partial charge in [-0.15, -0.1) is 0 Å². The van der Waals surface area contributed by atoms with Gasteiger partial charge in [-0.1, -0.05) is 0 Å². The van der Waals surface area contributed by atoms with Gasteiger partial charge in [-0.2, -0.15) is 0 Å². The van der Waals surface area contributed by atoms with Crippen molar-refractivity contribution in [3.05, 3.63) is 0 Å². The Morgan fingerprint density at radius 2 is 0.800 bits per heavy atom. The summed E-state index contributed by atoms with van der Waals surface area (Å²) in [5, 5.41) is 0. The van der Waals surface area contributed by atoms with Gasteiger partial charge in [0.1, 0.15) is 0 Å². The summed E-state index contributed by atoms with van der Waals surface area (Å²) in [6.07, 6.45) is 0. The third-order valence-corrected chi connectivity index (χ3v) is 0. The molecule has 48 valence electrons. The van der Waals surface area contributed by atoms with Gasteiger partial charge in [-0.05, 0) is 0 Å². The third kappa shape index (κ3) is 203. The molecule has 0 saturated heterocycles. The SMILES string of the molecule is [Al+3].[Li+].[O]=[Ti]([O-])[O-].[O]=[Ti]([O-])[O-]. The molecule has 0 spiro atoms. The van der Waals surface area contributed by atoms with Crippen LogP contribution in [-0.2, 0) is 43.9 Å². The summed E-state index contributed by atoms with van der Waals surface area (Å²) in [6.45, 7) is 0. The summed E-state index contributed by atoms with van der Waals surface area (Å²) < 4.78 is 51.5. The minimum atomic E-state index is -4.08. The quantitative estimate of drug-likeness (QED) is 0.377. The fraction of sp³-hybridized carbons (Fsp3) is 0. The van der Waals surface area contributed by atoms with Gasteiger partial charge in [0, 0.05) is 0 Å². The van der Waals surface area contributed by atoms with Crippen LogP contribution in [-0.4, -0.2) is 17.4 Å². The van der Waals surface area contributed by atoms with Crippen molar-refractivity contribution in [3.63, 3.8) is 0 Å². The van der Waals surface area contributed by atoms with E-state index in [4.69, 9.17) is 21.4 Å². The monoisotopic (exact) mass is 226 g/mol. The normalized spacial score (nSPS) is 5.20. The maximum absolute atomic E-state index is 8.58. The van der Waals surface area contributed by atoms with E-state index < -0.39 is 37.2 Å². The molecule has 0 heterocycles. The second-order valence-electron chi connectivity index (χ2n) is 0.500. The first kappa shape index (κ1) is 22.7. The van der Waals surface area contributed by atoms with Gasteiger partial charge >= 0.3 is 94.9 Å². The van der Waals surface area contributed by atoms with E-state index >= 15 is 0 Å². The van der Waals surface area contributed by atoms with Gasteiger partial charge in [0.2, 0.25) is 0 Å². The molecule has 0 aliphatic heterocycles. The molecule has 10 heavy (non-hydrogen) atoms. The Labute approximate surface area is 93.8 Å².